The van der Waals surface area contributed by atoms with Crippen LogP contribution in [0, 0.1) is 0 Å². The second-order valence-corrected chi connectivity index (χ2v) is 11.6. The van der Waals surface area contributed by atoms with Gasteiger partial charge < -0.3 is 5.32 Å². The fourth-order valence-electron chi connectivity index (χ4n) is 6.33. The van der Waals surface area contributed by atoms with E-state index in [0.717, 1.165) is 35.7 Å². The highest BCUT2D eigenvalue weighted by atomic mass is 35.5. The normalized spacial score (nSPS) is 13.7. The van der Waals surface area contributed by atoms with Crippen molar-refractivity contribution in [1.29, 1.82) is 0 Å². The van der Waals surface area contributed by atoms with E-state index >= 15 is 0 Å². The molecular formula is C39H32ClN3. The van der Waals surface area contributed by atoms with E-state index in [2.05, 4.69) is 76.0 Å². The van der Waals surface area contributed by atoms with Crippen LogP contribution in [0.4, 0.5) is 11.4 Å². The van der Waals surface area contributed by atoms with Crippen LogP contribution >= 0.6 is 11.6 Å². The van der Waals surface area contributed by atoms with Gasteiger partial charge in [0.05, 0.1) is 0 Å². The van der Waals surface area contributed by atoms with Crippen LogP contribution < -0.4 is 5.32 Å². The molecule has 2 aromatic heterocycles. The van der Waals surface area contributed by atoms with E-state index in [9.17, 15) is 0 Å². The van der Waals surface area contributed by atoms with Crippen molar-refractivity contribution in [2.24, 2.45) is 0 Å². The van der Waals surface area contributed by atoms with E-state index in [1.54, 1.807) is 5.57 Å². The lowest BCUT2D eigenvalue weighted by molar-refractivity contribution is 0.830. The minimum absolute atomic E-state index is 0.747. The number of fused-ring (bicyclic) bond motifs is 5. The highest BCUT2D eigenvalue weighted by Gasteiger charge is 2.23. The Hall–Kier alpha value is -4.73. The van der Waals surface area contributed by atoms with Gasteiger partial charge in [0, 0.05) is 46.6 Å². The third kappa shape index (κ3) is 5.82. The average molecular weight is 578 g/mol. The Morgan fingerprint density at radius 3 is 2.37 bits per heavy atom. The van der Waals surface area contributed by atoms with Crippen molar-refractivity contribution < 1.29 is 0 Å². The summed E-state index contributed by atoms with van der Waals surface area (Å²) in [6.07, 6.45) is 17.7. The lowest BCUT2D eigenvalue weighted by Gasteiger charge is -2.27. The van der Waals surface area contributed by atoms with Crippen molar-refractivity contribution >= 4 is 50.1 Å². The van der Waals surface area contributed by atoms with Gasteiger partial charge in [0.25, 0.3) is 0 Å². The Kier molecular flexibility index (Phi) is 7.73. The van der Waals surface area contributed by atoms with Gasteiger partial charge in [-0.1, -0.05) is 71.8 Å². The van der Waals surface area contributed by atoms with Gasteiger partial charge >= 0.3 is 0 Å². The number of nitrogens with zero attached hydrogens (tertiary/aromatic N) is 2. The topological polar surface area (TPSA) is 37.8 Å². The molecule has 2 aliphatic carbocycles. The number of hydrogen-bond acceptors (Lipinski definition) is 3. The first-order valence-electron chi connectivity index (χ1n) is 14.9. The molecule has 3 nitrogen and oxygen atoms in total. The van der Waals surface area contributed by atoms with Gasteiger partial charge in [-0.2, -0.15) is 0 Å². The number of allylic oxidation sites excluding steroid dienone is 4. The molecule has 1 N–H and O–H groups in total. The smallest absolute Gasteiger partial charge is 0.0464 e. The van der Waals surface area contributed by atoms with E-state index in [-0.39, 0.29) is 0 Å². The molecule has 0 amide bonds. The zero-order chi connectivity index (χ0) is 29.0. The third-order valence-electron chi connectivity index (χ3n) is 8.44. The molecule has 0 fully saturated rings. The maximum absolute atomic E-state index is 6.10. The molecule has 0 saturated heterocycles. The monoisotopic (exact) mass is 577 g/mol. The second-order valence-electron chi connectivity index (χ2n) is 11.1. The summed E-state index contributed by atoms with van der Waals surface area (Å²) in [5, 5.41) is 9.50. The van der Waals surface area contributed by atoms with Gasteiger partial charge in [0.15, 0.2) is 0 Å². The Morgan fingerprint density at radius 1 is 0.721 bits per heavy atom. The molecule has 2 heterocycles. The van der Waals surface area contributed by atoms with Crippen molar-refractivity contribution in [3.05, 3.63) is 161 Å². The summed E-state index contributed by atoms with van der Waals surface area (Å²) in [6.45, 7) is 0. The molecule has 210 valence electrons. The first kappa shape index (κ1) is 27.1. The van der Waals surface area contributed by atoms with E-state index < -0.39 is 0 Å². The predicted molar refractivity (Wildman–Crippen MR) is 181 cm³/mol. The van der Waals surface area contributed by atoms with E-state index in [1.165, 1.54) is 62.2 Å². The number of aryl methyl sites for hydroxylation is 1. The number of pyridine rings is 2. The summed E-state index contributed by atoms with van der Waals surface area (Å²) in [5.41, 5.74) is 10.8. The first-order valence-corrected chi connectivity index (χ1v) is 15.3. The van der Waals surface area contributed by atoms with Crippen molar-refractivity contribution in [2.45, 2.75) is 32.1 Å². The molecule has 0 spiro atoms. The maximum Gasteiger partial charge on any atom is 0.0464 e. The van der Waals surface area contributed by atoms with Gasteiger partial charge in [-0.05, 0) is 125 Å². The Balaban J connectivity index is 0.000000253. The summed E-state index contributed by atoms with van der Waals surface area (Å²) in [6, 6.07) is 31.5. The molecule has 0 radical (unpaired) electrons. The molecule has 0 atom stereocenters. The third-order valence-corrected chi connectivity index (χ3v) is 8.69. The largest absolute Gasteiger partial charge is 0.355 e. The summed E-state index contributed by atoms with van der Waals surface area (Å²) in [5.74, 6) is 0. The van der Waals surface area contributed by atoms with Crippen LogP contribution in [0.15, 0.2) is 134 Å². The van der Waals surface area contributed by atoms with Gasteiger partial charge in [-0.15, -0.1) is 0 Å². The summed E-state index contributed by atoms with van der Waals surface area (Å²) in [4.78, 5) is 8.21. The van der Waals surface area contributed by atoms with Crippen LogP contribution in [0.2, 0.25) is 5.02 Å². The molecular weight excluding hydrogens is 546 g/mol. The standard InChI is InChI=1S/C30H25ClN2.C9H7N/c31-23-7-9-24(10-8-23)33-29-14-6-22(19-20-15-17-32-18-16-20)30-27-11-5-21-3-1-2-4-25(21)26(27)12-13-28(29)30;1-2-4-9-7-10-6-5-8(9)3-1/h2,4,6-10,12-18,33H,1,3,5,11,19H2;1-7H. The molecule has 4 heteroatoms. The number of halogens is 1. The van der Waals surface area contributed by atoms with Crippen LogP contribution in [0.1, 0.15) is 41.5 Å². The fraction of sp³-hybridized carbons (Fsp3) is 0.128. The van der Waals surface area contributed by atoms with E-state index in [1.807, 2.05) is 67.3 Å². The molecule has 0 aliphatic heterocycles. The van der Waals surface area contributed by atoms with E-state index in [4.69, 9.17) is 11.6 Å². The van der Waals surface area contributed by atoms with Gasteiger partial charge in [-0.25, -0.2) is 0 Å². The Bertz CT molecular complexity index is 1910. The highest BCUT2D eigenvalue weighted by Crippen LogP contribution is 2.43. The van der Waals surface area contributed by atoms with Crippen molar-refractivity contribution in [3.8, 4) is 0 Å². The van der Waals surface area contributed by atoms with Gasteiger partial charge in [0.2, 0.25) is 0 Å². The van der Waals surface area contributed by atoms with Crippen LogP contribution in [-0.2, 0) is 12.8 Å². The Morgan fingerprint density at radius 2 is 1.53 bits per heavy atom. The molecule has 2 aliphatic rings. The number of anilines is 2. The SMILES string of the molecule is Clc1ccc(Nc2ccc(Cc3ccncc3)c3c4c(ccc23)C2=C(CCC=C2)CC4)cc1.c1ccc2cnccc2c1. The van der Waals surface area contributed by atoms with Crippen molar-refractivity contribution in [2.75, 3.05) is 5.32 Å². The zero-order valence-corrected chi connectivity index (χ0v) is 24.7. The maximum atomic E-state index is 6.10. The fourth-order valence-corrected chi connectivity index (χ4v) is 6.45. The van der Waals surface area contributed by atoms with Crippen LogP contribution in [0.5, 0.6) is 0 Å². The molecule has 0 saturated carbocycles. The lowest BCUT2D eigenvalue weighted by Crippen LogP contribution is -2.08. The molecule has 4 aromatic carbocycles. The van der Waals surface area contributed by atoms with Gasteiger partial charge in [0.1, 0.15) is 0 Å². The van der Waals surface area contributed by atoms with Crippen molar-refractivity contribution in [1.82, 2.24) is 9.97 Å². The first-order chi connectivity index (χ1) is 21.2. The van der Waals surface area contributed by atoms with Crippen LogP contribution in [0.25, 0.3) is 27.1 Å². The number of nitrogens with one attached hydrogen (secondary N) is 1. The quantitative estimate of drug-likeness (QED) is 0.226. The summed E-state index contributed by atoms with van der Waals surface area (Å²) in [7, 11) is 0. The molecule has 0 unspecified atom stereocenters. The predicted octanol–water partition coefficient (Wildman–Crippen LogP) is 10.5. The van der Waals surface area contributed by atoms with Crippen LogP contribution in [-0.4, -0.2) is 9.97 Å². The molecule has 43 heavy (non-hydrogen) atoms. The van der Waals surface area contributed by atoms with Crippen molar-refractivity contribution in [3.63, 3.8) is 0 Å². The lowest BCUT2D eigenvalue weighted by atomic mass is 9.78. The molecule has 8 rings (SSSR count). The average Bonchev–Trinajstić information content (AvgIpc) is 3.07. The van der Waals surface area contributed by atoms with Crippen LogP contribution in [0.3, 0.4) is 0 Å². The summed E-state index contributed by atoms with van der Waals surface area (Å²) < 4.78 is 0. The minimum Gasteiger partial charge on any atom is -0.355 e. The number of aromatic nitrogens is 2. The number of hydrogen-bond donors (Lipinski definition) is 1. The number of rotatable bonds is 4. The highest BCUT2D eigenvalue weighted by molar-refractivity contribution is 6.30. The van der Waals surface area contributed by atoms with Gasteiger partial charge in [-0.3, -0.25) is 9.97 Å². The minimum atomic E-state index is 0.747. The Labute approximate surface area is 257 Å². The van der Waals surface area contributed by atoms with E-state index in [0.29, 0.717) is 0 Å². The second kappa shape index (κ2) is 12.2. The number of benzene rings is 4. The molecule has 0 bridgehead atoms. The zero-order valence-electron chi connectivity index (χ0n) is 23.9. The summed E-state index contributed by atoms with van der Waals surface area (Å²) >= 11 is 6.10. The molecule has 6 aromatic rings.